The molecule has 1 heterocycles. The number of hydrogen-bond acceptors (Lipinski definition) is 6. The summed E-state index contributed by atoms with van der Waals surface area (Å²) in [5.41, 5.74) is 3.03. The van der Waals surface area contributed by atoms with Gasteiger partial charge in [0.1, 0.15) is 0 Å². The molecule has 0 bridgehead atoms. The van der Waals surface area contributed by atoms with Crippen LogP contribution in [0.3, 0.4) is 0 Å². The number of nitrogens with one attached hydrogen (secondary N) is 1. The van der Waals surface area contributed by atoms with E-state index in [1.165, 1.54) is 17.3 Å². The second kappa shape index (κ2) is 9.80. The van der Waals surface area contributed by atoms with Crippen LogP contribution in [-0.2, 0) is 16.1 Å². The molecule has 152 valence electrons. The highest BCUT2D eigenvalue weighted by molar-refractivity contribution is 7.99. The number of carbonyl (C=O) groups excluding carboxylic acids is 1. The van der Waals surface area contributed by atoms with Gasteiger partial charge in [0.25, 0.3) is 0 Å². The second-order valence-electron chi connectivity index (χ2n) is 6.76. The number of thioether (sulfide) groups is 1. The number of nitrogens with zero attached hydrogens (tertiary/aromatic N) is 3. The van der Waals surface area contributed by atoms with Gasteiger partial charge >= 0.3 is 5.97 Å². The smallest absolute Gasteiger partial charge is 0.316 e. The van der Waals surface area contributed by atoms with Crippen LogP contribution in [0.2, 0.25) is 5.02 Å². The number of carbonyl (C=O) groups is 1. The first-order valence-corrected chi connectivity index (χ1v) is 10.6. The van der Waals surface area contributed by atoms with Crippen LogP contribution in [0.4, 0.5) is 5.69 Å². The van der Waals surface area contributed by atoms with Crippen molar-refractivity contribution in [3.63, 3.8) is 0 Å². The maximum atomic E-state index is 11.9. The molecule has 0 unspecified atom stereocenters. The predicted octanol–water partition coefficient (Wildman–Crippen LogP) is 4.88. The third-order valence-electron chi connectivity index (χ3n) is 3.96. The Morgan fingerprint density at radius 3 is 2.66 bits per heavy atom. The van der Waals surface area contributed by atoms with Crippen LogP contribution in [0.25, 0.3) is 5.69 Å². The van der Waals surface area contributed by atoms with Gasteiger partial charge in [-0.15, -0.1) is 10.2 Å². The van der Waals surface area contributed by atoms with Gasteiger partial charge in [0.15, 0.2) is 11.0 Å². The highest BCUT2D eigenvalue weighted by Crippen LogP contribution is 2.25. The summed E-state index contributed by atoms with van der Waals surface area (Å²) in [4.78, 5) is 11.9. The molecular weight excluding hydrogens is 408 g/mol. The minimum Gasteiger partial charge on any atom is -0.462 e. The Bertz CT molecular complexity index is 973. The van der Waals surface area contributed by atoms with Crippen molar-refractivity contribution in [2.45, 2.75) is 38.6 Å². The van der Waals surface area contributed by atoms with Crippen LogP contribution in [0.15, 0.2) is 53.7 Å². The zero-order valence-electron chi connectivity index (χ0n) is 16.6. The third-order valence-corrected chi connectivity index (χ3v) is 5.09. The number of esters is 1. The molecule has 8 heteroatoms. The SMILES string of the molecule is Cc1ccc(NCc2nnc(SCC(=O)OC(C)C)n2-c2cccc(Cl)c2)cc1. The molecule has 0 saturated carbocycles. The van der Waals surface area contributed by atoms with Gasteiger partial charge in [-0.2, -0.15) is 0 Å². The zero-order valence-corrected chi connectivity index (χ0v) is 18.1. The van der Waals surface area contributed by atoms with E-state index in [1.807, 2.05) is 73.9 Å². The Kier molecular flexibility index (Phi) is 7.17. The molecule has 3 aromatic rings. The third kappa shape index (κ3) is 5.98. The Morgan fingerprint density at radius 2 is 1.97 bits per heavy atom. The minimum atomic E-state index is -0.287. The molecule has 0 fully saturated rings. The summed E-state index contributed by atoms with van der Waals surface area (Å²) < 4.78 is 7.11. The van der Waals surface area contributed by atoms with Gasteiger partial charge in [-0.05, 0) is 51.1 Å². The van der Waals surface area contributed by atoms with E-state index in [9.17, 15) is 4.79 Å². The van der Waals surface area contributed by atoms with Crippen LogP contribution in [0.1, 0.15) is 25.2 Å². The molecule has 0 amide bonds. The van der Waals surface area contributed by atoms with Crippen molar-refractivity contribution in [3.05, 3.63) is 64.9 Å². The topological polar surface area (TPSA) is 69.0 Å². The number of hydrogen-bond donors (Lipinski definition) is 1. The van der Waals surface area contributed by atoms with Crippen LogP contribution >= 0.6 is 23.4 Å². The highest BCUT2D eigenvalue weighted by atomic mass is 35.5. The first-order valence-electron chi connectivity index (χ1n) is 9.25. The Balaban J connectivity index is 1.82. The van der Waals surface area contributed by atoms with Gasteiger partial charge in [0.05, 0.1) is 24.1 Å². The highest BCUT2D eigenvalue weighted by Gasteiger charge is 2.17. The lowest BCUT2D eigenvalue weighted by Gasteiger charge is -2.12. The van der Waals surface area contributed by atoms with Crippen molar-refractivity contribution in [2.24, 2.45) is 0 Å². The van der Waals surface area contributed by atoms with E-state index >= 15 is 0 Å². The largest absolute Gasteiger partial charge is 0.462 e. The minimum absolute atomic E-state index is 0.150. The number of halogens is 1. The number of ether oxygens (including phenoxy) is 1. The standard InChI is InChI=1S/C21H23ClN4O2S/c1-14(2)28-20(27)13-29-21-25-24-19(12-23-17-9-7-15(3)8-10-17)26(21)18-6-4-5-16(22)11-18/h4-11,14,23H,12-13H2,1-3H3. The molecule has 0 saturated heterocycles. The van der Waals surface area contributed by atoms with Gasteiger partial charge in [-0.1, -0.05) is 47.1 Å². The Morgan fingerprint density at radius 1 is 1.21 bits per heavy atom. The molecule has 1 N–H and O–H groups in total. The maximum absolute atomic E-state index is 11.9. The Labute approximate surface area is 179 Å². The molecule has 1 aromatic heterocycles. The molecule has 0 aliphatic rings. The lowest BCUT2D eigenvalue weighted by Crippen LogP contribution is -2.14. The zero-order chi connectivity index (χ0) is 20.8. The fourth-order valence-electron chi connectivity index (χ4n) is 2.66. The average molecular weight is 431 g/mol. The first-order chi connectivity index (χ1) is 13.9. The van der Waals surface area contributed by atoms with Crippen molar-refractivity contribution in [2.75, 3.05) is 11.1 Å². The molecule has 6 nitrogen and oxygen atoms in total. The molecule has 0 aliphatic carbocycles. The predicted molar refractivity (Wildman–Crippen MR) is 117 cm³/mol. The number of anilines is 1. The number of aryl methyl sites for hydroxylation is 1. The summed E-state index contributed by atoms with van der Waals surface area (Å²) in [6.07, 6.45) is -0.150. The van der Waals surface area contributed by atoms with E-state index in [0.29, 0.717) is 22.5 Å². The van der Waals surface area contributed by atoms with Crippen LogP contribution < -0.4 is 5.32 Å². The summed E-state index contributed by atoms with van der Waals surface area (Å²) in [6.45, 7) is 6.17. The first kappa shape index (κ1) is 21.2. The monoisotopic (exact) mass is 430 g/mol. The molecule has 0 radical (unpaired) electrons. The maximum Gasteiger partial charge on any atom is 0.316 e. The van der Waals surface area contributed by atoms with E-state index in [0.717, 1.165) is 11.4 Å². The fraction of sp³-hybridized carbons (Fsp3) is 0.286. The van der Waals surface area contributed by atoms with Crippen LogP contribution in [-0.4, -0.2) is 32.6 Å². The molecular formula is C21H23ClN4O2S. The summed E-state index contributed by atoms with van der Waals surface area (Å²) in [5, 5.41) is 13.2. The lowest BCUT2D eigenvalue weighted by atomic mass is 10.2. The molecule has 3 rings (SSSR count). The van der Waals surface area contributed by atoms with Gasteiger partial charge in [-0.3, -0.25) is 9.36 Å². The molecule has 2 aromatic carbocycles. The van der Waals surface area contributed by atoms with E-state index < -0.39 is 0 Å². The van der Waals surface area contributed by atoms with Crippen LogP contribution in [0.5, 0.6) is 0 Å². The quantitative estimate of drug-likeness (QED) is 0.405. The second-order valence-corrected chi connectivity index (χ2v) is 8.14. The summed E-state index contributed by atoms with van der Waals surface area (Å²) in [6, 6.07) is 15.6. The van der Waals surface area contributed by atoms with E-state index in [-0.39, 0.29) is 17.8 Å². The van der Waals surface area contributed by atoms with Gasteiger partial charge in [0.2, 0.25) is 0 Å². The molecule has 0 atom stereocenters. The number of benzene rings is 2. The van der Waals surface area contributed by atoms with E-state index in [1.54, 1.807) is 0 Å². The summed E-state index contributed by atoms with van der Waals surface area (Å²) >= 11 is 7.47. The molecule has 0 aliphatic heterocycles. The summed E-state index contributed by atoms with van der Waals surface area (Å²) in [5.74, 6) is 0.583. The number of rotatable bonds is 8. The molecule has 0 spiro atoms. The lowest BCUT2D eigenvalue weighted by molar-refractivity contribution is -0.144. The molecule has 29 heavy (non-hydrogen) atoms. The van der Waals surface area contributed by atoms with Crippen molar-refractivity contribution < 1.29 is 9.53 Å². The average Bonchev–Trinajstić information content (AvgIpc) is 3.08. The van der Waals surface area contributed by atoms with Crippen molar-refractivity contribution in [1.82, 2.24) is 14.8 Å². The van der Waals surface area contributed by atoms with E-state index in [4.69, 9.17) is 16.3 Å². The Hall–Kier alpha value is -2.51. The summed E-state index contributed by atoms with van der Waals surface area (Å²) in [7, 11) is 0. The van der Waals surface area contributed by atoms with Gasteiger partial charge in [-0.25, -0.2) is 0 Å². The van der Waals surface area contributed by atoms with Crippen molar-refractivity contribution in [1.29, 1.82) is 0 Å². The van der Waals surface area contributed by atoms with Gasteiger partial charge in [0, 0.05) is 10.7 Å². The van der Waals surface area contributed by atoms with Gasteiger partial charge < -0.3 is 10.1 Å². The number of aromatic nitrogens is 3. The fourth-order valence-corrected chi connectivity index (χ4v) is 3.59. The van der Waals surface area contributed by atoms with E-state index in [2.05, 4.69) is 15.5 Å². The van der Waals surface area contributed by atoms with Crippen molar-refractivity contribution >= 4 is 35.0 Å². The van der Waals surface area contributed by atoms with Crippen molar-refractivity contribution in [3.8, 4) is 5.69 Å². The van der Waals surface area contributed by atoms with Crippen LogP contribution in [0, 0.1) is 6.92 Å². The normalized spacial score (nSPS) is 10.9.